The van der Waals surface area contributed by atoms with Gasteiger partial charge in [0.05, 0.1) is 19.3 Å². The molecule has 0 bridgehead atoms. The quantitative estimate of drug-likeness (QED) is 0.645. The van der Waals surface area contributed by atoms with E-state index in [0.29, 0.717) is 0 Å². The lowest BCUT2D eigenvalue weighted by Gasteiger charge is -2.22. The van der Waals surface area contributed by atoms with Gasteiger partial charge in [0.1, 0.15) is 5.75 Å². The van der Waals surface area contributed by atoms with Crippen LogP contribution in [0.4, 0.5) is 0 Å². The van der Waals surface area contributed by atoms with E-state index in [1.54, 1.807) is 7.11 Å². The highest BCUT2D eigenvalue weighted by Gasteiger charge is 2.25. The Morgan fingerprint density at radius 3 is 3.06 bits per heavy atom. The normalized spacial score (nSPS) is 20.9. The van der Waals surface area contributed by atoms with Crippen LogP contribution in [-0.2, 0) is 11.2 Å². The van der Waals surface area contributed by atoms with Crippen molar-refractivity contribution in [3.8, 4) is 5.75 Å². The molecule has 1 aliphatic rings. The molecule has 3 N–H and O–H groups in total. The molecule has 1 aromatic rings. The van der Waals surface area contributed by atoms with Gasteiger partial charge in [-0.15, -0.1) is 0 Å². The number of benzene rings is 1. The van der Waals surface area contributed by atoms with E-state index < -0.39 is 0 Å². The number of nitrogens with one attached hydrogen (secondary N) is 1. The van der Waals surface area contributed by atoms with Crippen molar-refractivity contribution >= 4 is 15.9 Å². The Bertz CT molecular complexity index is 395. The number of nitrogens with two attached hydrogens (primary N) is 1. The third-order valence-corrected chi connectivity index (χ3v) is 4.09. The predicted octanol–water partition coefficient (Wildman–Crippen LogP) is 2.01. The Kier molecular flexibility index (Phi) is 5.00. The van der Waals surface area contributed by atoms with E-state index in [0.717, 1.165) is 36.1 Å². The lowest BCUT2D eigenvalue weighted by atomic mass is 10.00. The molecule has 1 aromatic carbocycles. The minimum atomic E-state index is 0.135. The highest BCUT2D eigenvalue weighted by molar-refractivity contribution is 9.10. The number of hydrogen-bond donors (Lipinski definition) is 2. The number of ether oxygens (including phenoxy) is 2. The van der Waals surface area contributed by atoms with Crippen LogP contribution >= 0.6 is 15.9 Å². The first-order valence-electron chi connectivity index (χ1n) is 6.14. The monoisotopic (exact) mass is 314 g/mol. The average Bonchev–Trinajstić information content (AvgIpc) is 2.91. The zero-order valence-electron chi connectivity index (χ0n) is 10.5. The summed E-state index contributed by atoms with van der Waals surface area (Å²) in [5.74, 6) is 6.50. The van der Waals surface area contributed by atoms with Crippen LogP contribution in [0.15, 0.2) is 22.7 Å². The fourth-order valence-corrected chi connectivity index (χ4v) is 2.70. The molecule has 0 radical (unpaired) electrons. The van der Waals surface area contributed by atoms with Crippen molar-refractivity contribution in [3.05, 3.63) is 28.2 Å². The van der Waals surface area contributed by atoms with Gasteiger partial charge in [0.2, 0.25) is 0 Å². The van der Waals surface area contributed by atoms with Crippen LogP contribution < -0.4 is 16.0 Å². The van der Waals surface area contributed by atoms with Gasteiger partial charge in [-0.25, -0.2) is 0 Å². The minimum Gasteiger partial charge on any atom is -0.497 e. The molecule has 1 fully saturated rings. The van der Waals surface area contributed by atoms with Gasteiger partial charge >= 0.3 is 0 Å². The highest BCUT2D eigenvalue weighted by Crippen LogP contribution is 2.26. The SMILES string of the molecule is COc1ccc(Br)c(CC(NN)C2CCCO2)c1. The van der Waals surface area contributed by atoms with E-state index in [9.17, 15) is 0 Å². The molecule has 1 saturated heterocycles. The number of methoxy groups -OCH3 is 1. The highest BCUT2D eigenvalue weighted by atomic mass is 79.9. The maximum absolute atomic E-state index is 5.69. The molecular weight excluding hydrogens is 296 g/mol. The van der Waals surface area contributed by atoms with Crippen molar-refractivity contribution in [1.29, 1.82) is 0 Å². The van der Waals surface area contributed by atoms with E-state index in [4.69, 9.17) is 15.3 Å². The summed E-state index contributed by atoms with van der Waals surface area (Å²) in [6.45, 7) is 0.835. The molecule has 0 saturated carbocycles. The smallest absolute Gasteiger partial charge is 0.119 e. The Morgan fingerprint density at radius 2 is 2.44 bits per heavy atom. The summed E-state index contributed by atoms with van der Waals surface area (Å²) in [5.41, 5.74) is 4.04. The molecule has 5 heteroatoms. The molecular formula is C13H19BrN2O2. The topological polar surface area (TPSA) is 56.5 Å². The Balaban J connectivity index is 2.10. The maximum atomic E-state index is 5.69. The van der Waals surface area contributed by atoms with E-state index in [1.165, 1.54) is 5.56 Å². The molecule has 2 atom stereocenters. The van der Waals surface area contributed by atoms with E-state index in [2.05, 4.69) is 21.4 Å². The minimum absolute atomic E-state index is 0.135. The molecule has 100 valence electrons. The van der Waals surface area contributed by atoms with Gasteiger partial charge < -0.3 is 9.47 Å². The van der Waals surface area contributed by atoms with Crippen LogP contribution in [0.3, 0.4) is 0 Å². The molecule has 0 amide bonds. The van der Waals surface area contributed by atoms with Crippen molar-refractivity contribution in [2.75, 3.05) is 13.7 Å². The fraction of sp³-hybridized carbons (Fsp3) is 0.538. The molecule has 1 heterocycles. The molecule has 0 aromatic heterocycles. The summed E-state index contributed by atoms with van der Waals surface area (Å²) in [4.78, 5) is 0. The maximum Gasteiger partial charge on any atom is 0.119 e. The number of rotatable bonds is 5. The number of hydrazine groups is 1. The second-order valence-electron chi connectivity index (χ2n) is 4.49. The fourth-order valence-electron chi connectivity index (χ4n) is 2.29. The third kappa shape index (κ3) is 3.23. The van der Waals surface area contributed by atoms with Gasteiger partial charge in [-0.05, 0) is 43.0 Å². The number of halogens is 1. The summed E-state index contributed by atoms with van der Waals surface area (Å²) < 4.78 is 12.0. The van der Waals surface area contributed by atoms with E-state index in [-0.39, 0.29) is 12.1 Å². The second-order valence-corrected chi connectivity index (χ2v) is 5.34. The molecule has 2 rings (SSSR count). The van der Waals surface area contributed by atoms with Crippen LogP contribution in [0.5, 0.6) is 5.75 Å². The molecule has 1 aliphatic heterocycles. The summed E-state index contributed by atoms with van der Waals surface area (Å²) >= 11 is 3.56. The first-order valence-corrected chi connectivity index (χ1v) is 6.94. The second kappa shape index (κ2) is 6.52. The number of hydrogen-bond acceptors (Lipinski definition) is 4. The van der Waals surface area contributed by atoms with Crippen LogP contribution in [0.2, 0.25) is 0 Å². The predicted molar refractivity (Wildman–Crippen MR) is 74.5 cm³/mol. The first kappa shape index (κ1) is 13.8. The summed E-state index contributed by atoms with van der Waals surface area (Å²) in [7, 11) is 1.67. The van der Waals surface area contributed by atoms with Crippen LogP contribution in [-0.4, -0.2) is 25.9 Å². The van der Waals surface area contributed by atoms with Gasteiger partial charge in [0.15, 0.2) is 0 Å². The van der Waals surface area contributed by atoms with Gasteiger partial charge in [-0.2, -0.15) is 0 Å². The zero-order chi connectivity index (χ0) is 13.0. The standard InChI is InChI=1S/C13H19BrN2O2/c1-17-10-4-5-11(14)9(7-10)8-12(16-15)13-3-2-6-18-13/h4-5,7,12-13,16H,2-3,6,8,15H2,1H3. The Morgan fingerprint density at radius 1 is 1.61 bits per heavy atom. The van der Waals surface area contributed by atoms with Crippen LogP contribution in [0, 0.1) is 0 Å². The van der Waals surface area contributed by atoms with E-state index in [1.807, 2.05) is 18.2 Å². The zero-order valence-corrected chi connectivity index (χ0v) is 12.1. The Labute approximate surface area is 116 Å². The van der Waals surface area contributed by atoms with Gasteiger partial charge in [0, 0.05) is 11.1 Å². The van der Waals surface area contributed by atoms with Crippen molar-refractivity contribution in [1.82, 2.24) is 5.43 Å². The van der Waals surface area contributed by atoms with Crippen molar-refractivity contribution < 1.29 is 9.47 Å². The summed E-state index contributed by atoms with van der Waals surface area (Å²) in [6, 6.07) is 6.10. The summed E-state index contributed by atoms with van der Waals surface area (Å²) in [6.07, 6.45) is 3.20. The largest absolute Gasteiger partial charge is 0.497 e. The average molecular weight is 315 g/mol. The van der Waals surface area contributed by atoms with E-state index >= 15 is 0 Å². The Hall–Kier alpha value is -0.620. The molecule has 4 nitrogen and oxygen atoms in total. The lowest BCUT2D eigenvalue weighted by molar-refractivity contribution is 0.0784. The van der Waals surface area contributed by atoms with Crippen molar-refractivity contribution in [3.63, 3.8) is 0 Å². The van der Waals surface area contributed by atoms with Gasteiger partial charge in [-0.3, -0.25) is 11.3 Å². The third-order valence-electron chi connectivity index (χ3n) is 3.32. The van der Waals surface area contributed by atoms with Crippen LogP contribution in [0.1, 0.15) is 18.4 Å². The van der Waals surface area contributed by atoms with Gasteiger partial charge in [0.25, 0.3) is 0 Å². The molecule has 0 aliphatic carbocycles. The molecule has 18 heavy (non-hydrogen) atoms. The van der Waals surface area contributed by atoms with Crippen molar-refractivity contribution in [2.45, 2.75) is 31.4 Å². The van der Waals surface area contributed by atoms with Crippen LogP contribution in [0.25, 0.3) is 0 Å². The van der Waals surface area contributed by atoms with Crippen molar-refractivity contribution in [2.24, 2.45) is 5.84 Å². The molecule has 2 unspecified atom stereocenters. The first-order chi connectivity index (χ1) is 8.74. The van der Waals surface area contributed by atoms with Gasteiger partial charge in [-0.1, -0.05) is 15.9 Å². The molecule has 0 spiro atoms. The lowest BCUT2D eigenvalue weighted by Crippen LogP contribution is -2.45. The summed E-state index contributed by atoms with van der Waals surface area (Å²) in [5, 5.41) is 0.